The van der Waals surface area contributed by atoms with Crippen molar-refractivity contribution in [2.24, 2.45) is 0 Å². The number of esters is 1. The van der Waals surface area contributed by atoms with Gasteiger partial charge in [-0.1, -0.05) is 69.8 Å². The molecular formula is C36H53ClO9. The molecule has 1 N–H and O–H groups in total. The lowest BCUT2D eigenvalue weighted by Gasteiger charge is -2.55. The number of methoxy groups -OCH3 is 2. The third kappa shape index (κ3) is 8.81. The van der Waals surface area contributed by atoms with E-state index >= 15 is 0 Å². The number of hydrogen-bond acceptors (Lipinski definition) is 9. The average molecular weight is 665 g/mol. The van der Waals surface area contributed by atoms with Gasteiger partial charge in [-0.05, 0) is 68.0 Å². The molecule has 0 aliphatic carbocycles. The number of aliphatic hydroxyl groups excluding tert-OH is 1. The van der Waals surface area contributed by atoms with Crippen LogP contribution in [-0.2, 0) is 45.4 Å². The molecule has 0 amide bonds. The molecule has 9 nitrogen and oxygen atoms in total. The highest BCUT2D eigenvalue weighted by Gasteiger charge is 2.67. The van der Waals surface area contributed by atoms with Gasteiger partial charge in [0.25, 0.3) is 0 Å². The maximum absolute atomic E-state index is 13.7. The fourth-order valence-corrected chi connectivity index (χ4v) is 5.93. The SMILES string of the molecule is CCCCO[C@@H]1[C@@H](OCCCC)[C@](OC)(c2ccc(Cl)c(Cc3ccc(OCC)cc3)c2)O[C@@](CO)(C(=O)OC)[C@H]1OCCCC. The summed E-state index contributed by atoms with van der Waals surface area (Å²) in [5, 5.41) is 11.6. The van der Waals surface area contributed by atoms with E-state index < -0.39 is 42.3 Å². The topological polar surface area (TPSA) is 102 Å². The highest BCUT2D eigenvalue weighted by atomic mass is 35.5. The van der Waals surface area contributed by atoms with Gasteiger partial charge in [0.2, 0.25) is 11.4 Å². The second kappa shape index (κ2) is 18.9. The van der Waals surface area contributed by atoms with Crippen LogP contribution in [0.3, 0.4) is 0 Å². The Morgan fingerprint density at radius 2 is 1.48 bits per heavy atom. The molecule has 2 aromatic rings. The molecule has 1 aliphatic rings. The number of unbranched alkanes of at least 4 members (excludes halogenated alkanes) is 3. The third-order valence-electron chi connectivity index (χ3n) is 8.31. The Balaban J connectivity index is 2.21. The first-order chi connectivity index (χ1) is 22.3. The zero-order valence-electron chi connectivity index (χ0n) is 28.3. The largest absolute Gasteiger partial charge is 0.494 e. The van der Waals surface area contributed by atoms with Gasteiger partial charge in [-0.3, -0.25) is 0 Å². The van der Waals surface area contributed by atoms with Crippen molar-refractivity contribution in [3.63, 3.8) is 0 Å². The van der Waals surface area contributed by atoms with E-state index in [1.54, 1.807) is 12.1 Å². The molecule has 5 atom stereocenters. The summed E-state index contributed by atoms with van der Waals surface area (Å²) in [5.41, 5.74) is 0.418. The van der Waals surface area contributed by atoms with Crippen molar-refractivity contribution in [2.45, 2.75) is 102 Å². The molecule has 1 aliphatic heterocycles. The fourth-order valence-electron chi connectivity index (χ4n) is 5.74. The molecule has 0 aromatic heterocycles. The summed E-state index contributed by atoms with van der Waals surface area (Å²) in [5.74, 6) is -1.71. The van der Waals surface area contributed by atoms with E-state index in [2.05, 4.69) is 13.8 Å². The molecule has 0 radical (unpaired) electrons. The van der Waals surface area contributed by atoms with Gasteiger partial charge in [-0.25, -0.2) is 4.79 Å². The van der Waals surface area contributed by atoms with Crippen LogP contribution >= 0.6 is 11.6 Å². The molecule has 2 aromatic carbocycles. The summed E-state index contributed by atoms with van der Waals surface area (Å²) in [7, 11) is 2.76. The number of halogens is 1. The van der Waals surface area contributed by atoms with Gasteiger partial charge in [0.05, 0.1) is 20.3 Å². The Bertz CT molecular complexity index is 1190. The van der Waals surface area contributed by atoms with E-state index in [-0.39, 0.29) is 0 Å². The number of aliphatic hydroxyl groups is 1. The van der Waals surface area contributed by atoms with Gasteiger partial charge in [-0.15, -0.1) is 0 Å². The number of carbonyl (C=O) groups is 1. The van der Waals surface area contributed by atoms with E-state index in [0.717, 1.165) is 55.4 Å². The quantitative estimate of drug-likeness (QED) is 0.124. The normalized spacial score (nSPS) is 24.6. The second-order valence-electron chi connectivity index (χ2n) is 11.6. The van der Waals surface area contributed by atoms with E-state index in [0.29, 0.717) is 43.4 Å². The van der Waals surface area contributed by atoms with Crippen LogP contribution < -0.4 is 4.74 Å². The standard InChI is InChI=1S/C36H53ClO9/c1-7-11-20-43-31-32(44-21-12-8-2)35(25-38,34(39)40-5)46-36(41-6,33(31)45-22-13-9-3)28-16-19-30(37)27(24-28)23-26-14-17-29(18-15-26)42-10-4/h14-19,24,31-33,38H,7-13,20-23,25H2,1-6H3/t31-,32-,33+,35+,36-/m0/s1. The number of ether oxygens (including phenoxy) is 7. The van der Waals surface area contributed by atoms with Crippen LogP contribution in [0, 0.1) is 0 Å². The average Bonchev–Trinajstić information content (AvgIpc) is 3.07. The summed E-state index contributed by atoms with van der Waals surface area (Å²) in [6, 6.07) is 13.3. The molecule has 1 heterocycles. The summed E-state index contributed by atoms with van der Waals surface area (Å²) in [6.45, 7) is 9.10. The lowest BCUT2D eigenvalue weighted by molar-refractivity contribution is -0.403. The summed E-state index contributed by atoms with van der Waals surface area (Å²) in [6.07, 6.45) is 2.71. The molecule has 258 valence electrons. The van der Waals surface area contributed by atoms with Gasteiger partial charge < -0.3 is 38.3 Å². The Morgan fingerprint density at radius 1 is 0.870 bits per heavy atom. The molecule has 3 rings (SSSR count). The lowest BCUT2D eigenvalue weighted by Crippen LogP contribution is -2.74. The number of carbonyl (C=O) groups excluding carboxylic acids is 1. The van der Waals surface area contributed by atoms with Crippen molar-refractivity contribution in [1.82, 2.24) is 0 Å². The van der Waals surface area contributed by atoms with Crippen LogP contribution in [0.1, 0.15) is 82.9 Å². The molecule has 46 heavy (non-hydrogen) atoms. The molecule has 0 unspecified atom stereocenters. The van der Waals surface area contributed by atoms with Crippen LogP contribution in [0.25, 0.3) is 0 Å². The second-order valence-corrected chi connectivity index (χ2v) is 12.0. The number of hydrogen-bond donors (Lipinski definition) is 1. The minimum absolute atomic E-state index is 0.325. The Labute approximate surface area is 279 Å². The smallest absolute Gasteiger partial charge is 0.343 e. The number of benzene rings is 2. The van der Waals surface area contributed by atoms with Gasteiger partial charge in [0, 0.05) is 37.5 Å². The van der Waals surface area contributed by atoms with Crippen LogP contribution in [0.5, 0.6) is 5.75 Å². The maximum atomic E-state index is 13.7. The van der Waals surface area contributed by atoms with E-state index in [1.807, 2.05) is 44.2 Å². The zero-order chi connectivity index (χ0) is 33.6. The maximum Gasteiger partial charge on any atom is 0.343 e. The third-order valence-corrected chi connectivity index (χ3v) is 8.68. The minimum Gasteiger partial charge on any atom is -0.494 e. The predicted octanol–water partition coefficient (Wildman–Crippen LogP) is 6.62. The Morgan fingerprint density at radius 3 is 2.02 bits per heavy atom. The van der Waals surface area contributed by atoms with Crippen LogP contribution in [-0.4, -0.2) is 82.2 Å². The molecule has 1 fully saturated rings. The van der Waals surface area contributed by atoms with E-state index in [4.69, 9.17) is 44.8 Å². The van der Waals surface area contributed by atoms with Crippen molar-refractivity contribution in [3.05, 3.63) is 64.2 Å². The van der Waals surface area contributed by atoms with Crippen LogP contribution in [0.15, 0.2) is 42.5 Å². The van der Waals surface area contributed by atoms with E-state index in [9.17, 15) is 9.90 Å². The van der Waals surface area contributed by atoms with Gasteiger partial charge in [0.1, 0.15) is 24.1 Å². The van der Waals surface area contributed by atoms with Gasteiger partial charge >= 0.3 is 5.97 Å². The summed E-state index contributed by atoms with van der Waals surface area (Å²) < 4.78 is 43.5. The van der Waals surface area contributed by atoms with E-state index in [1.165, 1.54) is 14.2 Å². The number of rotatable bonds is 20. The van der Waals surface area contributed by atoms with Crippen molar-refractivity contribution >= 4 is 17.6 Å². The molecule has 1 saturated heterocycles. The predicted molar refractivity (Wildman–Crippen MR) is 177 cm³/mol. The highest BCUT2D eigenvalue weighted by molar-refractivity contribution is 6.31. The van der Waals surface area contributed by atoms with Crippen LogP contribution in [0.2, 0.25) is 5.02 Å². The van der Waals surface area contributed by atoms with Gasteiger partial charge in [-0.2, -0.15) is 0 Å². The lowest BCUT2D eigenvalue weighted by atomic mass is 9.80. The summed E-state index contributed by atoms with van der Waals surface area (Å²) in [4.78, 5) is 13.7. The van der Waals surface area contributed by atoms with Crippen molar-refractivity contribution in [1.29, 1.82) is 0 Å². The first-order valence-electron chi connectivity index (χ1n) is 16.6. The highest BCUT2D eigenvalue weighted by Crippen LogP contribution is 2.48. The molecule has 0 bridgehead atoms. The van der Waals surface area contributed by atoms with Crippen molar-refractivity contribution in [2.75, 3.05) is 47.3 Å². The van der Waals surface area contributed by atoms with Crippen molar-refractivity contribution in [3.8, 4) is 5.75 Å². The fraction of sp³-hybridized carbons (Fsp3) is 0.639. The zero-order valence-corrected chi connectivity index (χ0v) is 29.1. The first-order valence-corrected chi connectivity index (χ1v) is 17.0. The molecule has 10 heteroatoms. The van der Waals surface area contributed by atoms with Gasteiger partial charge in [0.15, 0.2) is 0 Å². The van der Waals surface area contributed by atoms with Crippen molar-refractivity contribution < 1.29 is 43.1 Å². The monoisotopic (exact) mass is 664 g/mol. The van der Waals surface area contributed by atoms with Crippen LogP contribution in [0.4, 0.5) is 0 Å². The Kier molecular flexibility index (Phi) is 15.7. The molecule has 0 spiro atoms. The Hall–Kier alpha value is -2.24. The minimum atomic E-state index is -1.98. The molecule has 0 saturated carbocycles. The first kappa shape index (κ1) is 38.2. The summed E-state index contributed by atoms with van der Waals surface area (Å²) >= 11 is 6.76. The molecular weight excluding hydrogens is 612 g/mol.